The lowest BCUT2D eigenvalue weighted by Crippen LogP contribution is -2.13. The Balaban J connectivity index is 2.34. The van der Waals surface area contributed by atoms with Crippen LogP contribution in [-0.2, 0) is 29.7 Å². The van der Waals surface area contributed by atoms with Gasteiger partial charge in [0.1, 0.15) is 0 Å². The maximum atomic E-state index is 11.6. The van der Waals surface area contributed by atoms with Gasteiger partial charge in [-0.1, -0.05) is 5.21 Å². The lowest BCUT2D eigenvalue weighted by molar-refractivity contribution is 0.0588. The normalized spacial score (nSPS) is 10.8. The topological polar surface area (TPSA) is 84.1 Å². The van der Waals surface area contributed by atoms with Crippen molar-refractivity contribution in [3.63, 3.8) is 0 Å². The van der Waals surface area contributed by atoms with Crippen molar-refractivity contribution in [3.05, 3.63) is 28.8 Å². The van der Waals surface area contributed by atoms with E-state index in [0.29, 0.717) is 12.2 Å². The van der Waals surface area contributed by atoms with Gasteiger partial charge in [-0.2, -0.15) is 5.10 Å². The van der Waals surface area contributed by atoms with E-state index in [1.807, 2.05) is 20.0 Å². The summed E-state index contributed by atoms with van der Waals surface area (Å²) >= 11 is 0. The van der Waals surface area contributed by atoms with Crippen LogP contribution in [0.5, 0.6) is 0 Å². The summed E-state index contributed by atoms with van der Waals surface area (Å²) < 4.78 is 13.2. The van der Waals surface area contributed by atoms with Crippen LogP contribution in [0.2, 0.25) is 0 Å². The zero-order valence-electron chi connectivity index (χ0n) is 12.0. The number of esters is 1. The van der Waals surface area contributed by atoms with Gasteiger partial charge in [0, 0.05) is 14.2 Å². The molecule has 0 N–H and O–H groups in total. The average Bonchev–Trinajstić information content (AvgIpc) is 2.94. The summed E-state index contributed by atoms with van der Waals surface area (Å²) in [6, 6.07) is 1.95. The van der Waals surface area contributed by atoms with Crippen molar-refractivity contribution < 1.29 is 14.3 Å². The molecular weight excluding hydrogens is 262 g/mol. The quantitative estimate of drug-likeness (QED) is 0.732. The first-order valence-electron chi connectivity index (χ1n) is 6.06. The van der Waals surface area contributed by atoms with Crippen molar-refractivity contribution in [2.75, 3.05) is 14.2 Å². The van der Waals surface area contributed by atoms with Gasteiger partial charge in [-0.25, -0.2) is 9.48 Å². The fourth-order valence-corrected chi connectivity index (χ4v) is 1.96. The minimum Gasteiger partial charge on any atom is -0.464 e. The van der Waals surface area contributed by atoms with Crippen LogP contribution in [0.4, 0.5) is 0 Å². The zero-order valence-corrected chi connectivity index (χ0v) is 12.0. The minimum absolute atomic E-state index is 0.174. The summed E-state index contributed by atoms with van der Waals surface area (Å²) in [6.45, 7) is 2.61. The molecule has 2 aromatic heterocycles. The van der Waals surface area contributed by atoms with Crippen LogP contribution < -0.4 is 0 Å². The molecule has 0 aliphatic heterocycles. The summed E-state index contributed by atoms with van der Waals surface area (Å²) in [5.74, 6) is -0.524. The van der Waals surface area contributed by atoms with Crippen LogP contribution in [0.1, 0.15) is 27.6 Å². The number of rotatable bonds is 5. The van der Waals surface area contributed by atoms with Gasteiger partial charge in [0.2, 0.25) is 0 Å². The Bertz CT molecular complexity index is 617. The van der Waals surface area contributed by atoms with E-state index in [4.69, 9.17) is 4.74 Å². The van der Waals surface area contributed by atoms with Crippen molar-refractivity contribution in [1.29, 1.82) is 0 Å². The van der Waals surface area contributed by atoms with Crippen LogP contribution >= 0.6 is 0 Å². The summed E-state index contributed by atoms with van der Waals surface area (Å²) in [4.78, 5) is 11.6. The number of methoxy groups -OCH3 is 2. The number of carbonyl (C=O) groups excluding carboxylic acids is 1. The second-order valence-corrected chi connectivity index (χ2v) is 4.37. The van der Waals surface area contributed by atoms with E-state index in [0.717, 1.165) is 11.4 Å². The highest BCUT2D eigenvalue weighted by molar-refractivity contribution is 5.88. The Morgan fingerprint density at radius 2 is 2.15 bits per heavy atom. The molecule has 0 spiro atoms. The predicted molar refractivity (Wildman–Crippen MR) is 69.1 cm³/mol. The van der Waals surface area contributed by atoms with Crippen molar-refractivity contribution in [3.8, 4) is 0 Å². The molecule has 0 bridgehead atoms. The monoisotopic (exact) mass is 279 g/mol. The second-order valence-electron chi connectivity index (χ2n) is 4.37. The summed E-state index contributed by atoms with van der Waals surface area (Å²) in [7, 11) is 4.71. The number of aryl methyl sites for hydroxylation is 2. The van der Waals surface area contributed by atoms with Crippen LogP contribution in [0.3, 0.4) is 0 Å². The van der Waals surface area contributed by atoms with Crippen molar-refractivity contribution in [2.24, 2.45) is 7.05 Å². The van der Waals surface area contributed by atoms with E-state index in [1.54, 1.807) is 16.5 Å². The molecule has 8 heteroatoms. The van der Waals surface area contributed by atoms with Gasteiger partial charge < -0.3 is 9.47 Å². The first kappa shape index (κ1) is 14.2. The molecule has 0 radical (unpaired) electrons. The van der Waals surface area contributed by atoms with Crippen LogP contribution in [0, 0.1) is 6.92 Å². The molecule has 0 aromatic carbocycles. The Kier molecular flexibility index (Phi) is 4.14. The first-order valence-corrected chi connectivity index (χ1v) is 6.06. The van der Waals surface area contributed by atoms with E-state index >= 15 is 0 Å². The largest absolute Gasteiger partial charge is 0.464 e. The molecule has 2 heterocycles. The Morgan fingerprint density at radius 3 is 2.70 bits per heavy atom. The number of aromatic nitrogens is 5. The van der Waals surface area contributed by atoms with E-state index in [9.17, 15) is 4.79 Å². The number of carbonyl (C=O) groups is 1. The molecule has 2 aromatic rings. The van der Waals surface area contributed by atoms with Gasteiger partial charge in [0.15, 0.2) is 5.69 Å². The summed E-state index contributed by atoms with van der Waals surface area (Å²) in [5, 5.41) is 12.1. The van der Waals surface area contributed by atoms with Gasteiger partial charge in [0.05, 0.1) is 37.3 Å². The maximum Gasteiger partial charge on any atom is 0.360 e. The number of ether oxygens (including phenoxy) is 2. The standard InChI is InChI=1S/C12H17N5O3/c1-8-5-9(16(2)14-8)6-17-10(7-19-3)11(13-15-17)12(18)20-4/h5H,6-7H2,1-4H3. The lowest BCUT2D eigenvalue weighted by atomic mass is 10.3. The van der Waals surface area contributed by atoms with Crippen LogP contribution in [0.25, 0.3) is 0 Å². The van der Waals surface area contributed by atoms with Crippen molar-refractivity contribution in [2.45, 2.75) is 20.1 Å². The lowest BCUT2D eigenvalue weighted by Gasteiger charge is -2.07. The van der Waals surface area contributed by atoms with Gasteiger partial charge in [-0.3, -0.25) is 4.68 Å². The van der Waals surface area contributed by atoms with E-state index in [2.05, 4.69) is 20.1 Å². The smallest absolute Gasteiger partial charge is 0.360 e. The molecule has 0 amide bonds. The minimum atomic E-state index is -0.524. The number of hydrogen-bond donors (Lipinski definition) is 0. The molecule has 0 unspecified atom stereocenters. The SMILES string of the molecule is COCc1c(C(=O)OC)nnn1Cc1cc(C)nn1C. The molecule has 0 saturated carbocycles. The molecule has 8 nitrogen and oxygen atoms in total. The van der Waals surface area contributed by atoms with Crippen molar-refractivity contribution in [1.82, 2.24) is 24.8 Å². The fourth-order valence-electron chi connectivity index (χ4n) is 1.96. The molecule has 0 saturated heterocycles. The Hall–Kier alpha value is -2.22. The molecule has 2 rings (SSSR count). The van der Waals surface area contributed by atoms with Gasteiger partial charge >= 0.3 is 5.97 Å². The molecule has 0 aliphatic carbocycles. The van der Waals surface area contributed by atoms with E-state index in [-0.39, 0.29) is 12.3 Å². The van der Waals surface area contributed by atoms with Gasteiger partial charge in [-0.05, 0) is 13.0 Å². The van der Waals surface area contributed by atoms with Crippen LogP contribution in [-0.4, -0.2) is 45.0 Å². The van der Waals surface area contributed by atoms with Gasteiger partial charge in [0.25, 0.3) is 0 Å². The summed E-state index contributed by atoms with van der Waals surface area (Å²) in [5.41, 5.74) is 2.64. The summed E-state index contributed by atoms with van der Waals surface area (Å²) in [6.07, 6.45) is 0. The predicted octanol–water partition coefficient (Wildman–Crippen LogP) is 0.301. The molecule has 0 fully saturated rings. The second kappa shape index (κ2) is 5.83. The zero-order chi connectivity index (χ0) is 14.7. The van der Waals surface area contributed by atoms with Crippen LogP contribution in [0.15, 0.2) is 6.07 Å². The molecule has 0 aliphatic rings. The average molecular weight is 279 g/mol. The molecule has 0 atom stereocenters. The maximum absolute atomic E-state index is 11.6. The van der Waals surface area contributed by atoms with E-state index < -0.39 is 5.97 Å². The third-order valence-electron chi connectivity index (χ3n) is 2.91. The van der Waals surface area contributed by atoms with Gasteiger partial charge in [-0.15, -0.1) is 5.10 Å². The highest BCUT2D eigenvalue weighted by Crippen LogP contribution is 2.11. The Labute approximate surface area is 116 Å². The Morgan fingerprint density at radius 1 is 1.40 bits per heavy atom. The fraction of sp³-hybridized carbons (Fsp3) is 0.500. The molecule has 108 valence electrons. The van der Waals surface area contributed by atoms with Crippen molar-refractivity contribution >= 4 is 5.97 Å². The third kappa shape index (κ3) is 2.69. The highest BCUT2D eigenvalue weighted by atomic mass is 16.5. The molecule has 20 heavy (non-hydrogen) atoms. The molecular formula is C12H17N5O3. The number of hydrogen-bond acceptors (Lipinski definition) is 6. The highest BCUT2D eigenvalue weighted by Gasteiger charge is 2.20. The third-order valence-corrected chi connectivity index (χ3v) is 2.91. The van der Waals surface area contributed by atoms with E-state index in [1.165, 1.54) is 7.11 Å². The number of nitrogens with zero attached hydrogens (tertiary/aromatic N) is 5. The first-order chi connectivity index (χ1) is 9.56.